The predicted molar refractivity (Wildman–Crippen MR) is 105 cm³/mol. The molecule has 1 aliphatic heterocycles. The molecule has 27 heavy (non-hydrogen) atoms. The van der Waals surface area contributed by atoms with Crippen molar-refractivity contribution in [2.45, 2.75) is 32.6 Å². The number of hydrogen-bond acceptors (Lipinski definition) is 3. The van der Waals surface area contributed by atoms with Crippen LogP contribution in [0.25, 0.3) is 0 Å². The van der Waals surface area contributed by atoms with Gasteiger partial charge in [-0.25, -0.2) is 0 Å². The van der Waals surface area contributed by atoms with E-state index >= 15 is 0 Å². The van der Waals surface area contributed by atoms with E-state index in [0.29, 0.717) is 24.4 Å². The number of amides is 2. The van der Waals surface area contributed by atoms with Crippen molar-refractivity contribution < 1.29 is 9.59 Å². The summed E-state index contributed by atoms with van der Waals surface area (Å²) >= 11 is 0. The maximum Gasteiger partial charge on any atom is 0.255 e. The zero-order chi connectivity index (χ0) is 19.1. The normalized spacial score (nSPS) is 14.8. The number of benzene rings is 1. The second kappa shape index (κ2) is 9.31. The van der Waals surface area contributed by atoms with Crippen LogP contribution in [0.2, 0.25) is 0 Å². The van der Waals surface area contributed by atoms with Crippen molar-refractivity contribution in [1.29, 1.82) is 0 Å². The second-order valence-electron chi connectivity index (χ2n) is 7.27. The SMILES string of the molecule is Cc1ccc(CCC(=O)NCC2CCN(C(=O)c3cccnc3)CC2)cc1. The Morgan fingerprint density at radius 2 is 1.89 bits per heavy atom. The van der Waals surface area contributed by atoms with Gasteiger partial charge < -0.3 is 10.2 Å². The van der Waals surface area contributed by atoms with Crippen molar-refractivity contribution in [2.24, 2.45) is 5.92 Å². The van der Waals surface area contributed by atoms with Crippen LogP contribution >= 0.6 is 0 Å². The molecule has 0 saturated carbocycles. The van der Waals surface area contributed by atoms with E-state index in [4.69, 9.17) is 0 Å². The maximum absolute atomic E-state index is 12.4. The second-order valence-corrected chi connectivity index (χ2v) is 7.27. The van der Waals surface area contributed by atoms with E-state index in [-0.39, 0.29) is 11.8 Å². The Morgan fingerprint density at radius 3 is 2.56 bits per heavy atom. The standard InChI is InChI=1S/C22H27N3O2/c1-17-4-6-18(7-5-17)8-9-21(26)24-15-19-10-13-25(14-11-19)22(27)20-3-2-12-23-16-20/h2-7,12,16,19H,8-11,13-15H2,1H3,(H,24,26). The zero-order valence-corrected chi connectivity index (χ0v) is 15.9. The van der Waals surface area contributed by atoms with Gasteiger partial charge >= 0.3 is 0 Å². The number of nitrogens with one attached hydrogen (secondary N) is 1. The van der Waals surface area contributed by atoms with Crippen molar-refractivity contribution in [3.8, 4) is 0 Å². The number of pyridine rings is 1. The topological polar surface area (TPSA) is 62.3 Å². The third kappa shape index (κ3) is 5.64. The number of rotatable bonds is 6. The minimum absolute atomic E-state index is 0.0451. The molecule has 2 amide bonds. The number of aromatic nitrogens is 1. The van der Waals surface area contributed by atoms with Gasteiger partial charge in [-0.15, -0.1) is 0 Å². The number of carbonyl (C=O) groups is 2. The Hall–Kier alpha value is -2.69. The summed E-state index contributed by atoms with van der Waals surface area (Å²) in [6.07, 6.45) is 6.41. The highest BCUT2D eigenvalue weighted by molar-refractivity contribution is 5.93. The monoisotopic (exact) mass is 365 g/mol. The van der Waals surface area contributed by atoms with E-state index in [2.05, 4.69) is 41.5 Å². The van der Waals surface area contributed by atoms with Gasteiger partial charge in [-0.2, -0.15) is 0 Å². The van der Waals surface area contributed by atoms with Crippen LogP contribution in [0.4, 0.5) is 0 Å². The highest BCUT2D eigenvalue weighted by atomic mass is 16.2. The molecule has 3 rings (SSSR count). The lowest BCUT2D eigenvalue weighted by Crippen LogP contribution is -2.41. The molecular weight excluding hydrogens is 338 g/mol. The summed E-state index contributed by atoms with van der Waals surface area (Å²) in [6, 6.07) is 11.9. The molecule has 142 valence electrons. The molecule has 1 aliphatic rings. The molecule has 0 bridgehead atoms. The third-order valence-corrected chi connectivity index (χ3v) is 5.16. The molecule has 1 aromatic heterocycles. The van der Waals surface area contributed by atoms with Gasteiger partial charge in [0.2, 0.25) is 5.91 Å². The molecule has 1 fully saturated rings. The van der Waals surface area contributed by atoms with Gasteiger partial charge in [-0.05, 0) is 49.8 Å². The number of piperidine rings is 1. The van der Waals surface area contributed by atoms with Gasteiger partial charge in [0.1, 0.15) is 0 Å². The van der Waals surface area contributed by atoms with Crippen LogP contribution in [-0.4, -0.2) is 41.3 Å². The van der Waals surface area contributed by atoms with E-state index in [9.17, 15) is 9.59 Å². The van der Waals surface area contributed by atoms with Gasteiger partial charge in [-0.1, -0.05) is 29.8 Å². The van der Waals surface area contributed by atoms with E-state index in [1.807, 2.05) is 4.90 Å². The highest BCUT2D eigenvalue weighted by Gasteiger charge is 2.23. The fourth-order valence-electron chi connectivity index (χ4n) is 3.37. The molecular formula is C22H27N3O2. The number of nitrogens with zero attached hydrogens (tertiary/aromatic N) is 2. The summed E-state index contributed by atoms with van der Waals surface area (Å²) in [6.45, 7) is 4.23. The molecule has 5 nitrogen and oxygen atoms in total. The first kappa shape index (κ1) is 19.1. The van der Waals surface area contributed by atoms with Crippen molar-refractivity contribution >= 4 is 11.8 Å². The molecule has 1 aromatic carbocycles. The van der Waals surface area contributed by atoms with Crippen molar-refractivity contribution in [1.82, 2.24) is 15.2 Å². The van der Waals surface area contributed by atoms with Gasteiger partial charge in [0.05, 0.1) is 5.56 Å². The zero-order valence-electron chi connectivity index (χ0n) is 15.9. The Labute approximate surface area is 160 Å². The lowest BCUT2D eigenvalue weighted by molar-refractivity contribution is -0.121. The van der Waals surface area contributed by atoms with Crippen LogP contribution in [-0.2, 0) is 11.2 Å². The minimum Gasteiger partial charge on any atom is -0.356 e. The summed E-state index contributed by atoms with van der Waals surface area (Å²) in [5.41, 5.74) is 3.06. The lowest BCUT2D eigenvalue weighted by Gasteiger charge is -2.32. The number of hydrogen-bond donors (Lipinski definition) is 1. The lowest BCUT2D eigenvalue weighted by atomic mass is 9.96. The minimum atomic E-state index is 0.0451. The van der Waals surface area contributed by atoms with Crippen LogP contribution in [0.5, 0.6) is 0 Å². The average Bonchev–Trinajstić information content (AvgIpc) is 2.72. The number of likely N-dealkylation sites (tertiary alicyclic amines) is 1. The number of aryl methyl sites for hydroxylation is 2. The molecule has 2 heterocycles. The van der Waals surface area contributed by atoms with Gasteiger partial charge in [-0.3, -0.25) is 14.6 Å². The Kier molecular flexibility index (Phi) is 6.58. The van der Waals surface area contributed by atoms with Crippen LogP contribution < -0.4 is 5.32 Å². The number of carbonyl (C=O) groups excluding carboxylic acids is 2. The summed E-state index contributed by atoms with van der Waals surface area (Å²) in [7, 11) is 0. The summed E-state index contributed by atoms with van der Waals surface area (Å²) in [5.74, 6) is 0.583. The molecule has 5 heteroatoms. The smallest absolute Gasteiger partial charge is 0.255 e. The van der Waals surface area contributed by atoms with Crippen LogP contribution in [0.3, 0.4) is 0 Å². The maximum atomic E-state index is 12.4. The Balaban J connectivity index is 1.36. The van der Waals surface area contributed by atoms with E-state index in [1.54, 1.807) is 24.5 Å². The molecule has 0 radical (unpaired) electrons. The first-order chi connectivity index (χ1) is 13.1. The van der Waals surface area contributed by atoms with E-state index < -0.39 is 0 Å². The quantitative estimate of drug-likeness (QED) is 0.856. The highest BCUT2D eigenvalue weighted by Crippen LogP contribution is 2.18. The van der Waals surface area contributed by atoms with Crippen LogP contribution in [0.15, 0.2) is 48.8 Å². The Morgan fingerprint density at radius 1 is 1.15 bits per heavy atom. The van der Waals surface area contributed by atoms with Crippen molar-refractivity contribution in [2.75, 3.05) is 19.6 Å². The fourth-order valence-corrected chi connectivity index (χ4v) is 3.37. The third-order valence-electron chi connectivity index (χ3n) is 5.16. The van der Waals surface area contributed by atoms with E-state index in [1.165, 1.54) is 11.1 Å². The van der Waals surface area contributed by atoms with Gasteiger partial charge in [0, 0.05) is 38.4 Å². The molecule has 0 atom stereocenters. The first-order valence-electron chi connectivity index (χ1n) is 9.63. The average molecular weight is 365 g/mol. The van der Waals surface area contributed by atoms with Gasteiger partial charge in [0.25, 0.3) is 5.91 Å². The first-order valence-corrected chi connectivity index (χ1v) is 9.63. The summed E-state index contributed by atoms with van der Waals surface area (Å²) in [4.78, 5) is 30.4. The molecule has 1 N–H and O–H groups in total. The molecule has 0 spiro atoms. The Bertz CT molecular complexity index is 751. The van der Waals surface area contributed by atoms with Crippen LogP contribution in [0, 0.1) is 12.8 Å². The predicted octanol–water partition coefficient (Wildman–Crippen LogP) is 2.99. The molecule has 2 aromatic rings. The van der Waals surface area contributed by atoms with Crippen LogP contribution in [0.1, 0.15) is 40.7 Å². The van der Waals surface area contributed by atoms with Crippen molar-refractivity contribution in [3.05, 3.63) is 65.5 Å². The largest absolute Gasteiger partial charge is 0.356 e. The molecule has 0 aliphatic carbocycles. The van der Waals surface area contributed by atoms with Crippen molar-refractivity contribution in [3.63, 3.8) is 0 Å². The fraction of sp³-hybridized carbons (Fsp3) is 0.409. The van der Waals surface area contributed by atoms with E-state index in [0.717, 1.165) is 32.4 Å². The summed E-state index contributed by atoms with van der Waals surface area (Å²) < 4.78 is 0. The molecule has 0 unspecified atom stereocenters. The van der Waals surface area contributed by atoms with Gasteiger partial charge in [0.15, 0.2) is 0 Å². The molecule has 1 saturated heterocycles. The summed E-state index contributed by atoms with van der Waals surface area (Å²) in [5, 5.41) is 3.06.